The maximum Gasteiger partial charge on any atom is 0.394 e. The molecule has 0 bridgehead atoms. The molecule has 0 aliphatic heterocycles. The number of carbonyl (C=O) groups is 1. The van der Waals surface area contributed by atoms with E-state index in [1.807, 2.05) is 58.2 Å². The molecule has 0 saturated carbocycles. The van der Waals surface area contributed by atoms with Crippen molar-refractivity contribution in [1.29, 1.82) is 0 Å². The Morgan fingerprint density at radius 1 is 0.897 bits per heavy atom. The number of hydrogen-bond acceptors (Lipinski definition) is 4. The maximum absolute atomic E-state index is 13.6. The van der Waals surface area contributed by atoms with Gasteiger partial charge in [-0.3, -0.25) is 9.78 Å². The number of aliphatic hydroxyl groups is 1. The van der Waals surface area contributed by atoms with Crippen LogP contribution in [0.2, 0.25) is 19.6 Å². The molecule has 3 aromatic carbocycles. The fraction of sp³-hybridized carbons (Fsp3) is 0.469. The minimum absolute atomic E-state index is 0. The first-order valence-corrected chi connectivity index (χ1v) is 24.8. The second kappa shape index (κ2) is 19.5. The van der Waals surface area contributed by atoms with Crippen molar-refractivity contribution in [2.75, 3.05) is 0 Å². The van der Waals surface area contributed by atoms with E-state index >= 15 is 0 Å². The van der Waals surface area contributed by atoms with Gasteiger partial charge in [-0.2, -0.15) is 13.2 Å². The van der Waals surface area contributed by atoms with E-state index in [-0.39, 0.29) is 55.3 Å². The van der Waals surface area contributed by atoms with Crippen molar-refractivity contribution < 1.29 is 43.2 Å². The largest absolute Gasteiger partial charge is 0.512 e. The number of aliphatic hydroxyl groups excluding tert-OH is 1. The monoisotopic (exact) mass is 1010 g/mol. The molecular weight excluding hydrogens is 944 g/mol. The molecule has 5 aromatic rings. The summed E-state index contributed by atoms with van der Waals surface area (Å²) in [7, 11) is -1.87. The molecule has 0 aliphatic carbocycles. The smallest absolute Gasteiger partial charge is 0.394 e. The first-order valence-electron chi connectivity index (χ1n) is 20.5. The van der Waals surface area contributed by atoms with Crippen molar-refractivity contribution in [3.05, 3.63) is 95.4 Å². The molecular formula is C49H63F3IrNO2SSi-. The molecule has 0 amide bonds. The van der Waals surface area contributed by atoms with Crippen LogP contribution in [-0.4, -0.2) is 30.1 Å². The van der Waals surface area contributed by atoms with Crippen molar-refractivity contribution in [1.82, 2.24) is 4.98 Å². The van der Waals surface area contributed by atoms with Gasteiger partial charge in [0.25, 0.3) is 0 Å². The first-order chi connectivity index (χ1) is 26.5. The van der Waals surface area contributed by atoms with Gasteiger partial charge in [-0.25, -0.2) is 0 Å². The molecule has 3 nitrogen and oxygen atoms in total. The van der Waals surface area contributed by atoms with E-state index in [1.54, 1.807) is 11.3 Å². The van der Waals surface area contributed by atoms with Crippen LogP contribution >= 0.6 is 11.3 Å². The van der Waals surface area contributed by atoms with Crippen LogP contribution in [0.15, 0.2) is 72.6 Å². The number of hydrogen-bond donors (Lipinski definition) is 1. The summed E-state index contributed by atoms with van der Waals surface area (Å²) in [5, 5.41) is 14.7. The Bertz CT molecular complexity index is 2200. The van der Waals surface area contributed by atoms with Gasteiger partial charge in [-0.1, -0.05) is 135 Å². The summed E-state index contributed by atoms with van der Waals surface area (Å²) in [5.41, 5.74) is 4.24. The predicted octanol–water partition coefficient (Wildman–Crippen LogP) is 14.7. The Morgan fingerprint density at radius 2 is 1.47 bits per heavy atom. The molecule has 317 valence electrons. The van der Waals surface area contributed by atoms with E-state index in [4.69, 9.17) is 4.98 Å². The second-order valence-corrected chi connectivity index (χ2v) is 24.2. The average molecular weight is 1010 g/mol. The fourth-order valence-electron chi connectivity index (χ4n) is 7.51. The Hall–Kier alpha value is -3.10. The number of carbonyl (C=O) groups excluding carboxylic acids is 1. The summed E-state index contributed by atoms with van der Waals surface area (Å²) in [4.78, 5) is 17.9. The number of allylic oxidation sites excluding steroid dienone is 2. The van der Waals surface area contributed by atoms with Crippen LogP contribution in [0, 0.1) is 30.2 Å². The number of halogens is 3. The van der Waals surface area contributed by atoms with Crippen molar-refractivity contribution in [3.8, 4) is 21.7 Å². The zero-order valence-electron chi connectivity index (χ0n) is 36.7. The van der Waals surface area contributed by atoms with E-state index in [0.717, 1.165) is 58.2 Å². The molecule has 5 rings (SSSR count). The number of benzene rings is 3. The molecule has 58 heavy (non-hydrogen) atoms. The molecule has 9 heteroatoms. The summed E-state index contributed by atoms with van der Waals surface area (Å²) >= 11 is 1.75. The van der Waals surface area contributed by atoms with Crippen LogP contribution in [-0.2, 0) is 36.7 Å². The van der Waals surface area contributed by atoms with Crippen molar-refractivity contribution in [2.24, 2.45) is 17.3 Å². The molecule has 2 heterocycles. The molecule has 0 aliphatic rings. The van der Waals surface area contributed by atoms with Gasteiger partial charge in [-0.15, -0.1) is 40.5 Å². The average Bonchev–Trinajstić information content (AvgIpc) is 3.55. The van der Waals surface area contributed by atoms with Gasteiger partial charge in [0.1, 0.15) is 0 Å². The standard InChI is InChI=1S/C36H39F3NSSi.C13H24O2.Ir/c1-22-21-40-30(26-18-25-12-10-11-13-27(25)28(19-26)34(2,3)4)32-29(22)33(42(7,8)9)31(41-32)24-16-14-23(15-17-24)20-35(5,6)36(37,38)39;1-5-10(6-2)12(14)9-13(15)11(7-3)8-4;/h10-17,19,21H,20H2,1-9H3;9-11,14H,5-8H2,1-4H3;/q-1;;/b;12-9-;. The topological polar surface area (TPSA) is 50.2 Å². The van der Waals surface area contributed by atoms with E-state index in [1.165, 1.54) is 46.3 Å². The third-order valence-electron chi connectivity index (χ3n) is 11.2. The van der Waals surface area contributed by atoms with Gasteiger partial charge in [0.2, 0.25) is 0 Å². The fourth-order valence-corrected chi connectivity index (χ4v) is 11.9. The number of nitrogens with zero attached hydrogens (tertiary/aromatic N) is 1. The SMILES string of the molecule is CCC(CC)C(=O)/C=C(\O)C(CC)CC.Cc1cnc(-c2[c-]c3ccccc3c(C(C)(C)C)c2)c2sc(-c3ccc(CC(C)(C)C(F)(F)F)cc3)c([Si](C)(C)C)c12.[Ir]. The minimum Gasteiger partial charge on any atom is -0.512 e. The zero-order valence-corrected chi connectivity index (χ0v) is 40.9. The Kier molecular flexibility index (Phi) is 16.6. The van der Waals surface area contributed by atoms with Crippen LogP contribution in [0.1, 0.15) is 105 Å². The van der Waals surface area contributed by atoms with Crippen LogP contribution in [0.3, 0.4) is 0 Å². The Balaban J connectivity index is 0.000000480. The predicted molar refractivity (Wildman–Crippen MR) is 241 cm³/mol. The van der Waals surface area contributed by atoms with Gasteiger partial charge in [-0.05, 0) is 71.7 Å². The molecule has 0 spiro atoms. The number of aromatic nitrogens is 1. The number of thiophene rings is 1. The van der Waals surface area contributed by atoms with E-state index in [9.17, 15) is 23.1 Å². The molecule has 1 N–H and O–H groups in total. The first kappa shape index (κ1) is 49.3. The van der Waals surface area contributed by atoms with E-state index in [2.05, 4.69) is 83.7 Å². The van der Waals surface area contributed by atoms with Crippen LogP contribution in [0.5, 0.6) is 0 Å². The number of ketones is 1. The van der Waals surface area contributed by atoms with Crippen molar-refractivity contribution in [3.63, 3.8) is 0 Å². The second-order valence-electron chi connectivity index (χ2n) is 18.2. The summed E-state index contributed by atoms with van der Waals surface area (Å²) < 4.78 is 41.8. The number of pyridine rings is 1. The number of aryl methyl sites for hydroxylation is 1. The quantitative estimate of drug-likeness (QED) is 0.0586. The molecule has 2 aromatic heterocycles. The van der Waals surface area contributed by atoms with Gasteiger partial charge >= 0.3 is 6.18 Å². The number of rotatable bonds is 12. The Morgan fingerprint density at radius 3 is 1.98 bits per heavy atom. The summed E-state index contributed by atoms with van der Waals surface area (Å²) in [6.45, 7) is 26.5. The van der Waals surface area contributed by atoms with Gasteiger partial charge < -0.3 is 5.11 Å². The minimum atomic E-state index is -4.25. The normalized spacial score (nSPS) is 12.9. The van der Waals surface area contributed by atoms with Crippen molar-refractivity contribution >= 4 is 51.2 Å². The zero-order chi connectivity index (χ0) is 42.7. The van der Waals surface area contributed by atoms with Crippen LogP contribution in [0.4, 0.5) is 13.2 Å². The molecule has 0 fully saturated rings. The maximum atomic E-state index is 13.6. The summed E-state index contributed by atoms with van der Waals surface area (Å²) in [6, 6.07) is 22.1. The van der Waals surface area contributed by atoms with E-state index < -0.39 is 19.7 Å². The number of fused-ring (bicyclic) bond motifs is 2. The van der Waals surface area contributed by atoms with E-state index in [0.29, 0.717) is 5.56 Å². The molecule has 0 unspecified atom stereocenters. The van der Waals surface area contributed by atoms with Crippen LogP contribution < -0.4 is 5.19 Å². The van der Waals surface area contributed by atoms with Gasteiger partial charge in [0.05, 0.1) is 19.2 Å². The van der Waals surface area contributed by atoms with Gasteiger partial charge in [0.15, 0.2) is 5.78 Å². The third kappa shape index (κ3) is 11.2. The summed E-state index contributed by atoms with van der Waals surface area (Å²) in [6.07, 6.45) is 2.59. The van der Waals surface area contributed by atoms with Crippen molar-refractivity contribution in [2.45, 2.75) is 133 Å². The molecule has 0 saturated heterocycles. The number of alkyl halides is 3. The van der Waals surface area contributed by atoms with Gasteiger partial charge in [0, 0.05) is 59.5 Å². The summed E-state index contributed by atoms with van der Waals surface area (Å²) in [5.74, 6) is 0.547. The molecule has 0 atom stereocenters. The molecule has 1 radical (unpaired) electrons. The Labute approximate surface area is 364 Å². The van der Waals surface area contributed by atoms with Crippen LogP contribution in [0.25, 0.3) is 42.6 Å². The third-order valence-corrected chi connectivity index (χ3v) is 14.6.